The van der Waals surface area contributed by atoms with Crippen LogP contribution in [0.2, 0.25) is 5.02 Å². The number of rotatable bonds is 2. The molecular weight excluding hydrogens is 224 g/mol. The minimum Gasteiger partial charge on any atom is -0.494 e. The van der Waals surface area contributed by atoms with E-state index in [1.54, 1.807) is 7.11 Å². The summed E-state index contributed by atoms with van der Waals surface area (Å²) < 4.78 is 5.21. The zero-order chi connectivity index (χ0) is 11.5. The van der Waals surface area contributed by atoms with E-state index in [-0.39, 0.29) is 0 Å². The molecule has 1 aliphatic rings. The van der Waals surface area contributed by atoms with Crippen molar-refractivity contribution in [3.63, 3.8) is 0 Å². The van der Waals surface area contributed by atoms with Gasteiger partial charge in [-0.05, 0) is 42.9 Å². The highest BCUT2D eigenvalue weighted by Gasteiger charge is 2.18. The highest BCUT2D eigenvalue weighted by atomic mass is 35.5. The van der Waals surface area contributed by atoms with Crippen molar-refractivity contribution in [2.24, 2.45) is 0 Å². The first-order valence-corrected chi connectivity index (χ1v) is 5.99. The fourth-order valence-corrected chi connectivity index (χ4v) is 2.73. The molecule has 0 saturated heterocycles. The standard InChI is InChI=1S/C13H15ClO2/c1-16-13-10(8-15)7-9-5-3-2-4-6-11(9)12(13)14/h7-8H,2-6H2,1H3. The molecule has 0 atom stereocenters. The minimum absolute atomic E-state index is 0.525. The number of aryl methyl sites for hydroxylation is 1. The largest absolute Gasteiger partial charge is 0.494 e. The van der Waals surface area contributed by atoms with Gasteiger partial charge >= 0.3 is 0 Å². The third-order valence-corrected chi connectivity index (χ3v) is 3.55. The lowest BCUT2D eigenvalue weighted by molar-refractivity contribution is 0.112. The summed E-state index contributed by atoms with van der Waals surface area (Å²) in [4.78, 5) is 11.0. The number of benzene rings is 1. The van der Waals surface area contributed by atoms with Crippen LogP contribution >= 0.6 is 11.6 Å². The van der Waals surface area contributed by atoms with E-state index in [9.17, 15) is 4.79 Å². The third kappa shape index (κ3) is 1.94. The Balaban J connectivity index is 2.58. The molecule has 0 aromatic heterocycles. The molecule has 86 valence electrons. The molecule has 0 heterocycles. The van der Waals surface area contributed by atoms with Crippen LogP contribution in [0, 0.1) is 0 Å². The molecular formula is C13H15ClO2. The summed E-state index contributed by atoms with van der Waals surface area (Å²) in [6.07, 6.45) is 6.38. The van der Waals surface area contributed by atoms with E-state index in [2.05, 4.69) is 0 Å². The number of fused-ring (bicyclic) bond motifs is 1. The number of aldehydes is 1. The lowest BCUT2D eigenvalue weighted by Gasteiger charge is -2.14. The minimum atomic E-state index is 0.525. The first-order valence-electron chi connectivity index (χ1n) is 5.61. The van der Waals surface area contributed by atoms with Gasteiger partial charge in [-0.25, -0.2) is 0 Å². The normalized spacial score (nSPS) is 15.1. The molecule has 0 spiro atoms. The van der Waals surface area contributed by atoms with Crippen LogP contribution in [0.25, 0.3) is 0 Å². The van der Waals surface area contributed by atoms with E-state index >= 15 is 0 Å². The highest BCUT2D eigenvalue weighted by molar-refractivity contribution is 6.33. The second-order valence-corrected chi connectivity index (χ2v) is 4.51. The SMILES string of the molecule is COc1c(C=O)cc2c(c1Cl)CCCCC2. The Morgan fingerprint density at radius 1 is 1.31 bits per heavy atom. The lowest BCUT2D eigenvalue weighted by atomic mass is 9.99. The number of carbonyl (C=O) groups is 1. The van der Waals surface area contributed by atoms with Gasteiger partial charge in [-0.1, -0.05) is 18.0 Å². The van der Waals surface area contributed by atoms with E-state index in [0.29, 0.717) is 16.3 Å². The maximum Gasteiger partial charge on any atom is 0.153 e. The first kappa shape index (κ1) is 11.5. The number of carbonyl (C=O) groups excluding carboxylic acids is 1. The number of methoxy groups -OCH3 is 1. The Kier molecular flexibility index (Phi) is 3.49. The quantitative estimate of drug-likeness (QED) is 0.583. The van der Waals surface area contributed by atoms with Gasteiger partial charge in [0.1, 0.15) is 5.75 Å². The van der Waals surface area contributed by atoms with Crippen LogP contribution in [0.1, 0.15) is 40.7 Å². The predicted molar refractivity (Wildman–Crippen MR) is 64.7 cm³/mol. The number of hydrogen-bond donors (Lipinski definition) is 0. The Morgan fingerprint density at radius 3 is 2.75 bits per heavy atom. The zero-order valence-electron chi connectivity index (χ0n) is 9.38. The molecule has 1 aromatic carbocycles. The van der Waals surface area contributed by atoms with E-state index in [0.717, 1.165) is 25.5 Å². The molecule has 0 unspecified atom stereocenters. The Hall–Kier alpha value is -1.02. The molecule has 1 aliphatic carbocycles. The molecule has 0 radical (unpaired) electrons. The summed E-state index contributed by atoms with van der Waals surface area (Å²) in [5.41, 5.74) is 2.94. The van der Waals surface area contributed by atoms with Crippen molar-refractivity contribution < 1.29 is 9.53 Å². The van der Waals surface area contributed by atoms with Crippen molar-refractivity contribution in [1.29, 1.82) is 0 Å². The molecule has 1 aromatic rings. The molecule has 0 N–H and O–H groups in total. The van der Waals surface area contributed by atoms with Gasteiger partial charge < -0.3 is 4.74 Å². The van der Waals surface area contributed by atoms with Crippen LogP contribution in [0.15, 0.2) is 6.07 Å². The number of halogens is 1. The topological polar surface area (TPSA) is 26.3 Å². The first-order chi connectivity index (χ1) is 7.77. The third-order valence-electron chi connectivity index (χ3n) is 3.15. The molecule has 0 aliphatic heterocycles. The van der Waals surface area contributed by atoms with Crippen LogP contribution in [0.5, 0.6) is 5.75 Å². The summed E-state index contributed by atoms with van der Waals surface area (Å²) in [5, 5.41) is 0.629. The van der Waals surface area contributed by atoms with Gasteiger partial charge in [0, 0.05) is 0 Å². The smallest absolute Gasteiger partial charge is 0.153 e. The maximum absolute atomic E-state index is 11.0. The van der Waals surface area contributed by atoms with Crippen molar-refractivity contribution in [3.05, 3.63) is 27.8 Å². The second-order valence-electron chi connectivity index (χ2n) is 4.13. The van der Waals surface area contributed by atoms with Gasteiger partial charge in [0.15, 0.2) is 6.29 Å². The number of hydrogen-bond acceptors (Lipinski definition) is 2. The molecule has 0 fully saturated rings. The van der Waals surface area contributed by atoms with E-state index < -0.39 is 0 Å². The van der Waals surface area contributed by atoms with E-state index in [1.165, 1.54) is 24.0 Å². The molecule has 0 saturated carbocycles. The van der Waals surface area contributed by atoms with Crippen LogP contribution < -0.4 is 4.74 Å². The second kappa shape index (κ2) is 4.88. The van der Waals surface area contributed by atoms with Crippen molar-refractivity contribution in [2.45, 2.75) is 32.1 Å². The van der Waals surface area contributed by atoms with Crippen LogP contribution in [0.4, 0.5) is 0 Å². The highest BCUT2D eigenvalue weighted by Crippen LogP contribution is 2.36. The molecule has 2 nitrogen and oxygen atoms in total. The molecule has 0 amide bonds. The Bertz CT molecular complexity index is 413. The average Bonchev–Trinajstić information content (AvgIpc) is 2.54. The summed E-state index contributed by atoms with van der Waals surface area (Å²) in [6.45, 7) is 0. The molecule has 2 rings (SSSR count). The van der Waals surface area contributed by atoms with Gasteiger partial charge in [0.05, 0.1) is 17.7 Å². The van der Waals surface area contributed by atoms with Crippen molar-refractivity contribution in [3.8, 4) is 5.75 Å². The van der Waals surface area contributed by atoms with E-state index in [4.69, 9.17) is 16.3 Å². The lowest BCUT2D eigenvalue weighted by Crippen LogP contribution is -2.00. The maximum atomic E-state index is 11.0. The van der Waals surface area contributed by atoms with Crippen LogP contribution in [-0.2, 0) is 12.8 Å². The fraction of sp³-hybridized carbons (Fsp3) is 0.462. The van der Waals surface area contributed by atoms with Crippen LogP contribution in [-0.4, -0.2) is 13.4 Å². The monoisotopic (exact) mass is 238 g/mol. The van der Waals surface area contributed by atoms with Gasteiger partial charge in [-0.15, -0.1) is 0 Å². The van der Waals surface area contributed by atoms with Gasteiger partial charge in [-0.3, -0.25) is 4.79 Å². The van der Waals surface area contributed by atoms with Gasteiger partial charge in [0.25, 0.3) is 0 Å². The van der Waals surface area contributed by atoms with Crippen LogP contribution in [0.3, 0.4) is 0 Å². The summed E-state index contributed by atoms with van der Waals surface area (Å²) in [7, 11) is 1.55. The van der Waals surface area contributed by atoms with Gasteiger partial charge in [-0.2, -0.15) is 0 Å². The molecule has 0 bridgehead atoms. The number of ether oxygens (including phenoxy) is 1. The summed E-state index contributed by atoms with van der Waals surface area (Å²) in [6, 6.07) is 1.93. The van der Waals surface area contributed by atoms with Gasteiger partial charge in [0.2, 0.25) is 0 Å². The zero-order valence-corrected chi connectivity index (χ0v) is 10.1. The Labute approximate surface area is 101 Å². The molecule has 16 heavy (non-hydrogen) atoms. The fourth-order valence-electron chi connectivity index (χ4n) is 2.33. The van der Waals surface area contributed by atoms with Crippen molar-refractivity contribution in [1.82, 2.24) is 0 Å². The molecule has 3 heteroatoms. The van der Waals surface area contributed by atoms with Crippen molar-refractivity contribution >= 4 is 17.9 Å². The Morgan fingerprint density at radius 2 is 2.06 bits per heavy atom. The summed E-state index contributed by atoms with van der Waals surface area (Å²) in [5.74, 6) is 0.525. The predicted octanol–water partition coefficient (Wildman–Crippen LogP) is 3.43. The van der Waals surface area contributed by atoms with E-state index in [1.807, 2.05) is 6.07 Å². The average molecular weight is 239 g/mol. The summed E-state index contributed by atoms with van der Waals surface area (Å²) >= 11 is 6.30. The van der Waals surface area contributed by atoms with Crippen molar-refractivity contribution in [2.75, 3.05) is 7.11 Å².